The summed E-state index contributed by atoms with van der Waals surface area (Å²) in [7, 11) is 0. The summed E-state index contributed by atoms with van der Waals surface area (Å²) < 4.78 is 10.8. The van der Waals surface area contributed by atoms with Gasteiger partial charge in [0.25, 0.3) is 0 Å². The molecule has 2 unspecified atom stereocenters. The van der Waals surface area contributed by atoms with E-state index in [0.29, 0.717) is 23.1 Å². The maximum absolute atomic E-state index is 12.5. The van der Waals surface area contributed by atoms with Gasteiger partial charge in [-0.3, -0.25) is 10.1 Å². The summed E-state index contributed by atoms with van der Waals surface area (Å²) in [5.74, 6) is -0.0213. The van der Waals surface area contributed by atoms with Crippen molar-refractivity contribution in [3.05, 3.63) is 0 Å². The van der Waals surface area contributed by atoms with Crippen LogP contribution in [-0.2, 0) is 14.3 Å². The Morgan fingerprint density at radius 2 is 2.00 bits per heavy atom. The molecule has 21 heavy (non-hydrogen) atoms. The van der Waals surface area contributed by atoms with Gasteiger partial charge in [-0.1, -0.05) is 0 Å². The molecule has 3 aliphatic rings. The summed E-state index contributed by atoms with van der Waals surface area (Å²) in [5.41, 5.74) is -0.403. The van der Waals surface area contributed by atoms with Gasteiger partial charge in [0.2, 0.25) is 0 Å². The van der Waals surface area contributed by atoms with E-state index in [1.807, 2.05) is 6.92 Å². The average Bonchev–Trinajstić information content (AvgIpc) is 3.20. The van der Waals surface area contributed by atoms with Crippen LogP contribution in [-0.4, -0.2) is 47.9 Å². The highest BCUT2D eigenvalue weighted by atomic mass is 32.2. The lowest BCUT2D eigenvalue weighted by atomic mass is 9.97. The van der Waals surface area contributed by atoms with Crippen LogP contribution in [0.5, 0.6) is 0 Å². The maximum atomic E-state index is 12.5. The van der Waals surface area contributed by atoms with Crippen molar-refractivity contribution < 1.29 is 14.3 Å². The lowest BCUT2D eigenvalue weighted by molar-refractivity contribution is -0.151. The molecule has 2 atom stereocenters. The molecule has 0 aromatic carbocycles. The van der Waals surface area contributed by atoms with Crippen LogP contribution in [0, 0.1) is 0 Å². The van der Waals surface area contributed by atoms with Gasteiger partial charge in [0.1, 0.15) is 5.54 Å². The SMILES string of the molecule is CCOC(=O)C1(NC2CC2)CCC(SC2CCOCC2)C1. The van der Waals surface area contributed by atoms with Gasteiger partial charge in [0, 0.05) is 29.8 Å². The van der Waals surface area contributed by atoms with Crippen LogP contribution in [0.2, 0.25) is 0 Å². The van der Waals surface area contributed by atoms with Crippen LogP contribution < -0.4 is 5.32 Å². The fourth-order valence-corrected chi connectivity index (χ4v) is 5.11. The quantitative estimate of drug-likeness (QED) is 0.764. The van der Waals surface area contributed by atoms with Gasteiger partial charge in [0.05, 0.1) is 6.61 Å². The first-order valence-corrected chi connectivity index (χ1v) is 9.34. The molecule has 3 fully saturated rings. The van der Waals surface area contributed by atoms with Crippen LogP contribution in [0.15, 0.2) is 0 Å². The second-order valence-corrected chi connectivity index (χ2v) is 8.14. The first-order chi connectivity index (χ1) is 10.2. The zero-order chi connectivity index (χ0) is 14.7. The minimum Gasteiger partial charge on any atom is -0.465 e. The van der Waals surface area contributed by atoms with E-state index in [1.54, 1.807) is 0 Å². The Balaban J connectivity index is 1.58. The Kier molecular flexibility index (Phi) is 5.12. The van der Waals surface area contributed by atoms with Gasteiger partial charge in [-0.2, -0.15) is 11.8 Å². The van der Waals surface area contributed by atoms with E-state index < -0.39 is 5.54 Å². The smallest absolute Gasteiger partial charge is 0.326 e. The van der Waals surface area contributed by atoms with Gasteiger partial charge < -0.3 is 9.47 Å². The maximum Gasteiger partial charge on any atom is 0.326 e. The minimum absolute atomic E-state index is 0.0213. The van der Waals surface area contributed by atoms with Crippen LogP contribution in [0.4, 0.5) is 0 Å². The largest absolute Gasteiger partial charge is 0.465 e. The van der Waals surface area contributed by atoms with Crippen molar-refractivity contribution in [3.8, 4) is 0 Å². The predicted molar refractivity (Wildman–Crippen MR) is 84.6 cm³/mol. The number of carbonyl (C=O) groups excluding carboxylic acids is 1. The topological polar surface area (TPSA) is 47.6 Å². The number of nitrogens with one attached hydrogen (secondary N) is 1. The fourth-order valence-electron chi connectivity index (χ4n) is 3.46. The highest BCUT2D eigenvalue weighted by Crippen LogP contribution is 2.42. The molecule has 4 nitrogen and oxygen atoms in total. The third-order valence-corrected chi connectivity index (χ3v) is 6.39. The van der Waals surface area contributed by atoms with E-state index in [2.05, 4.69) is 17.1 Å². The molecule has 0 aromatic heterocycles. The molecular formula is C16H27NO3S. The summed E-state index contributed by atoms with van der Waals surface area (Å²) in [6.45, 7) is 4.16. The summed E-state index contributed by atoms with van der Waals surface area (Å²) >= 11 is 2.09. The van der Waals surface area contributed by atoms with Crippen molar-refractivity contribution >= 4 is 17.7 Å². The number of carbonyl (C=O) groups is 1. The van der Waals surface area contributed by atoms with Crippen LogP contribution in [0.25, 0.3) is 0 Å². The molecule has 0 amide bonds. The molecule has 1 aliphatic heterocycles. The summed E-state index contributed by atoms with van der Waals surface area (Å²) in [6, 6.07) is 0.543. The molecule has 1 heterocycles. The monoisotopic (exact) mass is 313 g/mol. The minimum atomic E-state index is -0.403. The summed E-state index contributed by atoms with van der Waals surface area (Å²) in [6.07, 6.45) is 7.72. The van der Waals surface area contributed by atoms with Gasteiger partial charge in [-0.15, -0.1) is 0 Å². The second-order valence-electron chi connectivity index (χ2n) is 6.53. The standard InChI is InChI=1S/C16H27NO3S/c1-2-20-15(18)16(17-12-3-4-12)8-5-14(11-16)21-13-6-9-19-10-7-13/h12-14,17H,2-11H2,1H3. The van der Waals surface area contributed by atoms with E-state index in [4.69, 9.17) is 9.47 Å². The van der Waals surface area contributed by atoms with Crippen molar-refractivity contribution in [3.63, 3.8) is 0 Å². The van der Waals surface area contributed by atoms with Gasteiger partial charge >= 0.3 is 5.97 Å². The molecule has 120 valence electrons. The summed E-state index contributed by atoms with van der Waals surface area (Å²) in [5, 5.41) is 4.90. The third-order valence-electron chi connectivity index (χ3n) is 4.75. The molecule has 2 aliphatic carbocycles. The zero-order valence-corrected chi connectivity index (χ0v) is 13.8. The van der Waals surface area contributed by atoms with Crippen molar-refractivity contribution in [2.45, 2.75) is 74.0 Å². The van der Waals surface area contributed by atoms with Crippen LogP contribution in [0.1, 0.15) is 51.9 Å². The number of hydrogen-bond donors (Lipinski definition) is 1. The Labute approximate surface area is 131 Å². The molecule has 3 rings (SSSR count). The van der Waals surface area contributed by atoms with Crippen molar-refractivity contribution in [1.29, 1.82) is 0 Å². The predicted octanol–water partition coefficient (Wildman–Crippen LogP) is 2.51. The number of esters is 1. The lowest BCUT2D eigenvalue weighted by Crippen LogP contribution is -2.52. The first-order valence-electron chi connectivity index (χ1n) is 8.40. The number of ether oxygens (including phenoxy) is 2. The number of thioether (sulfide) groups is 1. The normalized spacial score (nSPS) is 34.0. The van der Waals surface area contributed by atoms with Crippen LogP contribution in [0.3, 0.4) is 0 Å². The second kappa shape index (κ2) is 6.88. The van der Waals surface area contributed by atoms with Gasteiger partial charge in [0.15, 0.2) is 0 Å². The lowest BCUT2D eigenvalue weighted by Gasteiger charge is -2.29. The Morgan fingerprint density at radius 1 is 1.24 bits per heavy atom. The van der Waals surface area contributed by atoms with E-state index in [1.165, 1.54) is 12.8 Å². The third kappa shape index (κ3) is 3.93. The molecule has 0 bridgehead atoms. The van der Waals surface area contributed by atoms with E-state index in [-0.39, 0.29) is 5.97 Å². The average molecular weight is 313 g/mol. The van der Waals surface area contributed by atoms with E-state index >= 15 is 0 Å². The zero-order valence-electron chi connectivity index (χ0n) is 12.9. The molecule has 1 N–H and O–H groups in total. The van der Waals surface area contributed by atoms with Crippen molar-refractivity contribution in [1.82, 2.24) is 5.32 Å². The molecular weight excluding hydrogens is 286 g/mol. The molecule has 0 spiro atoms. The number of rotatable bonds is 6. The number of hydrogen-bond acceptors (Lipinski definition) is 5. The van der Waals surface area contributed by atoms with Crippen molar-refractivity contribution in [2.75, 3.05) is 19.8 Å². The Bertz CT molecular complexity index is 369. The highest BCUT2D eigenvalue weighted by molar-refractivity contribution is 8.00. The molecule has 0 radical (unpaired) electrons. The van der Waals surface area contributed by atoms with Crippen molar-refractivity contribution in [2.24, 2.45) is 0 Å². The van der Waals surface area contributed by atoms with Crippen LogP contribution >= 0.6 is 11.8 Å². The Hall–Kier alpha value is -0.260. The molecule has 2 saturated carbocycles. The fraction of sp³-hybridized carbons (Fsp3) is 0.938. The first kappa shape index (κ1) is 15.6. The summed E-state index contributed by atoms with van der Waals surface area (Å²) in [4.78, 5) is 12.5. The van der Waals surface area contributed by atoms with E-state index in [0.717, 1.165) is 45.3 Å². The molecule has 5 heteroatoms. The highest BCUT2D eigenvalue weighted by Gasteiger charge is 2.49. The van der Waals surface area contributed by atoms with Gasteiger partial charge in [-0.25, -0.2) is 0 Å². The molecule has 0 aromatic rings. The van der Waals surface area contributed by atoms with E-state index in [9.17, 15) is 4.79 Å². The Morgan fingerprint density at radius 3 is 2.67 bits per heavy atom. The van der Waals surface area contributed by atoms with Gasteiger partial charge in [-0.05, 0) is 51.9 Å². The molecule has 1 saturated heterocycles.